The molecule has 94 valence electrons. The van der Waals surface area contributed by atoms with E-state index in [0.717, 1.165) is 12.3 Å². The van der Waals surface area contributed by atoms with Crippen LogP contribution in [-0.2, 0) is 16.5 Å². The van der Waals surface area contributed by atoms with Gasteiger partial charge in [-0.15, -0.1) is 0 Å². The lowest BCUT2D eigenvalue weighted by molar-refractivity contribution is -0.137. The Labute approximate surface area is 96.8 Å². The van der Waals surface area contributed by atoms with Crippen LogP contribution in [0.1, 0.15) is 24.1 Å². The highest BCUT2D eigenvalue weighted by Crippen LogP contribution is 2.31. The maximum Gasteiger partial charge on any atom is 0.417 e. The van der Waals surface area contributed by atoms with E-state index in [0.29, 0.717) is 31.7 Å². The highest BCUT2D eigenvalue weighted by molar-refractivity contribution is 5.22. The normalized spacial score (nSPS) is 20.2. The summed E-state index contributed by atoms with van der Waals surface area (Å²) in [7, 11) is 0. The summed E-state index contributed by atoms with van der Waals surface area (Å²) in [6.45, 7) is 1.03. The minimum Gasteiger partial charge on any atom is -0.381 e. The second kappa shape index (κ2) is 4.27. The number of hydrogen-bond donors (Lipinski definition) is 1. The number of alkyl halides is 3. The van der Waals surface area contributed by atoms with Crippen molar-refractivity contribution in [2.24, 2.45) is 5.73 Å². The SMILES string of the molecule is NC1(c2ccc(C(F)(F)F)cn2)CCOCC1. The lowest BCUT2D eigenvalue weighted by Gasteiger charge is -2.32. The molecule has 1 fully saturated rings. The Morgan fingerprint density at radius 1 is 1.24 bits per heavy atom. The van der Waals surface area contributed by atoms with Crippen LogP contribution < -0.4 is 5.73 Å². The number of nitrogens with two attached hydrogens (primary N) is 1. The van der Waals surface area contributed by atoms with Crippen LogP contribution in [0, 0.1) is 0 Å². The smallest absolute Gasteiger partial charge is 0.381 e. The van der Waals surface area contributed by atoms with Crippen molar-refractivity contribution in [3.63, 3.8) is 0 Å². The molecule has 0 unspecified atom stereocenters. The average Bonchev–Trinajstić information content (AvgIpc) is 2.29. The van der Waals surface area contributed by atoms with Crippen LogP contribution in [0.2, 0.25) is 0 Å². The van der Waals surface area contributed by atoms with Crippen molar-refractivity contribution in [2.75, 3.05) is 13.2 Å². The first-order valence-electron chi connectivity index (χ1n) is 5.32. The van der Waals surface area contributed by atoms with Crippen LogP contribution >= 0.6 is 0 Å². The summed E-state index contributed by atoms with van der Waals surface area (Å²) in [6, 6.07) is 2.38. The largest absolute Gasteiger partial charge is 0.417 e. The predicted octanol–water partition coefficient (Wildman–Crippen LogP) is 2.06. The molecule has 1 aromatic rings. The fourth-order valence-corrected chi connectivity index (χ4v) is 1.85. The van der Waals surface area contributed by atoms with Crippen LogP contribution in [-0.4, -0.2) is 18.2 Å². The topological polar surface area (TPSA) is 48.1 Å². The van der Waals surface area contributed by atoms with Gasteiger partial charge >= 0.3 is 6.18 Å². The first-order valence-corrected chi connectivity index (χ1v) is 5.32. The molecule has 0 aliphatic carbocycles. The Morgan fingerprint density at radius 3 is 2.35 bits per heavy atom. The van der Waals surface area contributed by atoms with Gasteiger partial charge in [-0.2, -0.15) is 13.2 Å². The molecular weight excluding hydrogens is 233 g/mol. The van der Waals surface area contributed by atoms with Crippen molar-refractivity contribution in [1.29, 1.82) is 0 Å². The molecule has 0 bridgehead atoms. The minimum absolute atomic E-state index is 0.494. The van der Waals surface area contributed by atoms with Crippen LogP contribution in [0.4, 0.5) is 13.2 Å². The van der Waals surface area contributed by atoms with E-state index in [-0.39, 0.29) is 0 Å². The number of rotatable bonds is 1. The van der Waals surface area contributed by atoms with E-state index in [1.807, 2.05) is 0 Å². The highest BCUT2D eigenvalue weighted by Gasteiger charge is 2.34. The second-order valence-electron chi connectivity index (χ2n) is 4.20. The fraction of sp³-hybridized carbons (Fsp3) is 0.545. The first-order chi connectivity index (χ1) is 7.92. The summed E-state index contributed by atoms with van der Waals surface area (Å²) in [5.74, 6) is 0. The molecule has 3 nitrogen and oxygen atoms in total. The number of hydrogen-bond acceptors (Lipinski definition) is 3. The van der Waals surface area contributed by atoms with Crippen molar-refractivity contribution in [3.8, 4) is 0 Å². The Bertz CT molecular complexity index is 383. The monoisotopic (exact) mass is 246 g/mol. The number of nitrogens with zero attached hydrogens (tertiary/aromatic N) is 1. The van der Waals surface area contributed by atoms with Gasteiger partial charge in [0.25, 0.3) is 0 Å². The highest BCUT2D eigenvalue weighted by atomic mass is 19.4. The van der Waals surface area contributed by atoms with Crippen molar-refractivity contribution in [2.45, 2.75) is 24.6 Å². The Kier molecular flexibility index (Phi) is 3.09. The maximum absolute atomic E-state index is 12.4. The van der Waals surface area contributed by atoms with E-state index < -0.39 is 17.3 Å². The lowest BCUT2D eigenvalue weighted by atomic mass is 9.87. The van der Waals surface area contributed by atoms with Crippen LogP contribution in [0.3, 0.4) is 0 Å². The Hall–Kier alpha value is -1.14. The number of pyridine rings is 1. The van der Waals surface area contributed by atoms with Gasteiger partial charge in [0.15, 0.2) is 0 Å². The maximum atomic E-state index is 12.4. The molecule has 1 saturated heterocycles. The van der Waals surface area contributed by atoms with Gasteiger partial charge in [0.05, 0.1) is 16.8 Å². The molecule has 1 aliphatic heterocycles. The molecule has 17 heavy (non-hydrogen) atoms. The van der Waals surface area contributed by atoms with Crippen LogP contribution in [0.25, 0.3) is 0 Å². The van der Waals surface area contributed by atoms with Gasteiger partial charge in [-0.05, 0) is 25.0 Å². The number of ether oxygens (including phenoxy) is 1. The van der Waals surface area contributed by atoms with E-state index in [2.05, 4.69) is 4.98 Å². The zero-order chi connectivity index (χ0) is 12.5. The standard InChI is InChI=1S/C11H13F3N2O/c12-11(13,14)8-1-2-9(16-7-8)10(15)3-5-17-6-4-10/h1-2,7H,3-6,15H2. The van der Waals surface area contributed by atoms with Gasteiger partial charge in [0.1, 0.15) is 0 Å². The van der Waals surface area contributed by atoms with E-state index >= 15 is 0 Å². The molecule has 6 heteroatoms. The minimum atomic E-state index is -4.36. The molecule has 0 saturated carbocycles. The molecule has 0 amide bonds. The third-order valence-corrected chi connectivity index (χ3v) is 2.99. The quantitative estimate of drug-likeness (QED) is 0.825. The fourth-order valence-electron chi connectivity index (χ4n) is 1.85. The van der Waals surface area contributed by atoms with Crippen molar-refractivity contribution >= 4 is 0 Å². The van der Waals surface area contributed by atoms with Gasteiger partial charge in [0.2, 0.25) is 0 Å². The zero-order valence-corrected chi connectivity index (χ0v) is 9.13. The van der Waals surface area contributed by atoms with E-state index in [4.69, 9.17) is 10.5 Å². The molecule has 2 heterocycles. The van der Waals surface area contributed by atoms with Gasteiger partial charge in [-0.3, -0.25) is 4.98 Å². The predicted molar refractivity (Wildman–Crippen MR) is 55.2 cm³/mol. The van der Waals surface area contributed by atoms with E-state index in [9.17, 15) is 13.2 Å². The molecule has 2 N–H and O–H groups in total. The third-order valence-electron chi connectivity index (χ3n) is 2.99. The molecule has 1 aliphatic rings. The lowest BCUT2D eigenvalue weighted by Crippen LogP contribution is -2.42. The summed E-state index contributed by atoms with van der Waals surface area (Å²) < 4.78 is 42.3. The second-order valence-corrected chi connectivity index (χ2v) is 4.20. The Balaban J connectivity index is 2.23. The number of halogens is 3. The summed E-state index contributed by atoms with van der Waals surface area (Å²) >= 11 is 0. The van der Waals surface area contributed by atoms with E-state index in [1.165, 1.54) is 6.07 Å². The van der Waals surface area contributed by atoms with Crippen molar-refractivity contribution < 1.29 is 17.9 Å². The summed E-state index contributed by atoms with van der Waals surface area (Å²) in [5.41, 5.74) is 5.19. The summed E-state index contributed by atoms with van der Waals surface area (Å²) in [6.07, 6.45) is -2.38. The van der Waals surface area contributed by atoms with E-state index in [1.54, 1.807) is 0 Å². The van der Waals surface area contributed by atoms with Crippen molar-refractivity contribution in [1.82, 2.24) is 4.98 Å². The third kappa shape index (κ3) is 2.58. The number of aromatic nitrogens is 1. The van der Waals surface area contributed by atoms with Gasteiger partial charge in [0, 0.05) is 19.4 Å². The molecule has 0 spiro atoms. The molecule has 2 rings (SSSR count). The molecule has 0 atom stereocenters. The zero-order valence-electron chi connectivity index (χ0n) is 9.13. The van der Waals surface area contributed by atoms with Crippen LogP contribution in [0.5, 0.6) is 0 Å². The van der Waals surface area contributed by atoms with Crippen molar-refractivity contribution in [3.05, 3.63) is 29.6 Å². The first kappa shape index (κ1) is 12.3. The van der Waals surface area contributed by atoms with Crippen LogP contribution in [0.15, 0.2) is 18.3 Å². The molecule has 0 radical (unpaired) electrons. The Morgan fingerprint density at radius 2 is 1.88 bits per heavy atom. The summed E-state index contributed by atoms with van der Waals surface area (Å²) in [4.78, 5) is 3.84. The van der Waals surface area contributed by atoms with Gasteiger partial charge in [-0.1, -0.05) is 0 Å². The molecule has 0 aromatic carbocycles. The van der Waals surface area contributed by atoms with Gasteiger partial charge < -0.3 is 10.5 Å². The molecule has 1 aromatic heterocycles. The molecular formula is C11H13F3N2O. The average molecular weight is 246 g/mol. The summed E-state index contributed by atoms with van der Waals surface area (Å²) in [5, 5.41) is 0. The van der Waals surface area contributed by atoms with Gasteiger partial charge in [-0.25, -0.2) is 0 Å².